The molecule has 0 aliphatic heterocycles. The summed E-state index contributed by atoms with van der Waals surface area (Å²) in [4.78, 5) is 0. The van der Waals surface area contributed by atoms with Crippen molar-refractivity contribution >= 4 is 16.6 Å². The first-order chi connectivity index (χ1) is 8.91. The van der Waals surface area contributed by atoms with Crippen LogP contribution < -0.4 is 0 Å². The summed E-state index contributed by atoms with van der Waals surface area (Å²) in [6.07, 6.45) is 0. The van der Waals surface area contributed by atoms with Gasteiger partial charge in [0, 0.05) is 0 Å². The van der Waals surface area contributed by atoms with E-state index in [-0.39, 0.29) is 0 Å². The van der Waals surface area contributed by atoms with Crippen molar-refractivity contribution in [2.75, 3.05) is 13.2 Å². The standard InChI is InChI=1S/C11H22F6O2Si2/c1-20(2,3)18-7-9(12,13)11(16,17)10(14,15)8-19-21(4,5)6/h7-8H2,1-6H3. The largest absolute Gasteiger partial charge is 0.411 e. The van der Waals surface area contributed by atoms with Crippen LogP contribution in [-0.4, -0.2) is 47.6 Å². The molecule has 0 saturated heterocycles. The summed E-state index contributed by atoms with van der Waals surface area (Å²) in [5.41, 5.74) is 0. The van der Waals surface area contributed by atoms with Gasteiger partial charge in [-0.15, -0.1) is 0 Å². The van der Waals surface area contributed by atoms with Crippen molar-refractivity contribution in [1.29, 1.82) is 0 Å². The van der Waals surface area contributed by atoms with Gasteiger partial charge in [-0.1, -0.05) is 0 Å². The van der Waals surface area contributed by atoms with Crippen LogP contribution in [0.3, 0.4) is 0 Å². The average Bonchev–Trinajstić information content (AvgIpc) is 2.21. The number of hydrogen-bond donors (Lipinski definition) is 0. The van der Waals surface area contributed by atoms with Crippen molar-refractivity contribution in [3.63, 3.8) is 0 Å². The van der Waals surface area contributed by atoms with E-state index in [1.54, 1.807) is 0 Å². The molecule has 0 rings (SSSR count). The second-order valence-corrected chi connectivity index (χ2v) is 15.8. The number of hydrogen-bond acceptors (Lipinski definition) is 2. The van der Waals surface area contributed by atoms with Crippen LogP contribution >= 0.6 is 0 Å². The Balaban J connectivity index is 5.05. The van der Waals surface area contributed by atoms with Crippen LogP contribution in [0.1, 0.15) is 0 Å². The molecule has 0 radical (unpaired) electrons. The Morgan fingerprint density at radius 3 is 1.05 bits per heavy atom. The first-order valence-corrected chi connectivity index (χ1v) is 13.1. The van der Waals surface area contributed by atoms with Crippen LogP contribution in [0.5, 0.6) is 0 Å². The third kappa shape index (κ3) is 6.29. The molecule has 0 saturated carbocycles. The Labute approximate surface area is 123 Å². The van der Waals surface area contributed by atoms with E-state index in [1.165, 1.54) is 39.3 Å². The molecule has 0 bridgehead atoms. The lowest BCUT2D eigenvalue weighted by atomic mass is 10.1. The zero-order valence-corrected chi connectivity index (χ0v) is 15.0. The van der Waals surface area contributed by atoms with E-state index in [9.17, 15) is 26.3 Å². The number of rotatable bonds is 8. The molecule has 0 unspecified atom stereocenters. The van der Waals surface area contributed by atoms with Crippen LogP contribution in [-0.2, 0) is 8.85 Å². The lowest BCUT2D eigenvalue weighted by Gasteiger charge is -2.35. The topological polar surface area (TPSA) is 18.5 Å². The smallest absolute Gasteiger partial charge is 0.376 e. The van der Waals surface area contributed by atoms with Gasteiger partial charge in [-0.3, -0.25) is 0 Å². The molecule has 21 heavy (non-hydrogen) atoms. The fraction of sp³-hybridized carbons (Fsp3) is 1.00. The zero-order valence-electron chi connectivity index (χ0n) is 13.0. The molecule has 2 nitrogen and oxygen atoms in total. The third-order valence-electron chi connectivity index (χ3n) is 2.29. The Kier molecular flexibility index (Phi) is 6.19. The monoisotopic (exact) mass is 356 g/mol. The van der Waals surface area contributed by atoms with Gasteiger partial charge in [-0.05, 0) is 39.3 Å². The fourth-order valence-corrected chi connectivity index (χ4v) is 2.29. The highest BCUT2D eigenvalue weighted by Crippen LogP contribution is 2.46. The van der Waals surface area contributed by atoms with E-state index in [4.69, 9.17) is 0 Å². The maximum Gasteiger partial charge on any atom is 0.376 e. The maximum atomic E-state index is 13.5. The molecule has 0 aliphatic rings. The van der Waals surface area contributed by atoms with Gasteiger partial charge in [0.25, 0.3) is 0 Å². The molecule has 0 aromatic heterocycles. The summed E-state index contributed by atoms with van der Waals surface area (Å²) in [5, 5.41) is 0. The van der Waals surface area contributed by atoms with Crippen LogP contribution in [0.25, 0.3) is 0 Å². The highest BCUT2D eigenvalue weighted by Gasteiger charge is 2.71. The Morgan fingerprint density at radius 1 is 0.619 bits per heavy atom. The van der Waals surface area contributed by atoms with E-state index in [0.29, 0.717) is 0 Å². The second-order valence-electron chi connectivity index (χ2n) is 6.79. The molecule has 0 amide bonds. The predicted molar refractivity (Wildman–Crippen MR) is 73.4 cm³/mol. The van der Waals surface area contributed by atoms with E-state index < -0.39 is 47.6 Å². The van der Waals surface area contributed by atoms with Gasteiger partial charge in [0.05, 0.1) is 0 Å². The van der Waals surface area contributed by atoms with Gasteiger partial charge in [-0.25, -0.2) is 0 Å². The molecule has 0 atom stereocenters. The lowest BCUT2D eigenvalue weighted by Crippen LogP contribution is -2.59. The lowest BCUT2D eigenvalue weighted by molar-refractivity contribution is -0.320. The molecule has 0 N–H and O–H groups in total. The molecule has 0 fully saturated rings. The molecule has 0 aliphatic carbocycles. The van der Waals surface area contributed by atoms with Gasteiger partial charge in [0.2, 0.25) is 0 Å². The van der Waals surface area contributed by atoms with E-state index in [0.717, 1.165) is 0 Å². The summed E-state index contributed by atoms with van der Waals surface area (Å²) in [6, 6.07) is 0. The average molecular weight is 356 g/mol. The number of alkyl halides is 6. The summed E-state index contributed by atoms with van der Waals surface area (Å²) in [7, 11) is -5.07. The maximum absolute atomic E-state index is 13.5. The SMILES string of the molecule is C[Si](C)(C)OCC(F)(F)C(F)(F)C(F)(F)CO[Si](C)(C)C. The summed E-state index contributed by atoms with van der Waals surface area (Å²) in [6.45, 7) is 5.49. The summed E-state index contributed by atoms with van der Waals surface area (Å²) in [5.74, 6) is -15.5. The minimum absolute atomic E-state index is 1.49. The Bertz CT molecular complexity index is 318. The van der Waals surface area contributed by atoms with Gasteiger partial charge in [0.1, 0.15) is 13.2 Å². The van der Waals surface area contributed by atoms with E-state index >= 15 is 0 Å². The molecular weight excluding hydrogens is 334 g/mol. The van der Waals surface area contributed by atoms with Gasteiger partial charge in [-0.2, -0.15) is 26.3 Å². The zero-order chi connectivity index (χ0) is 17.3. The number of halogens is 6. The Hall–Kier alpha value is -0.0662. The van der Waals surface area contributed by atoms with E-state index in [1.807, 2.05) is 0 Å². The first kappa shape index (κ1) is 20.9. The quantitative estimate of drug-likeness (QED) is 0.468. The predicted octanol–water partition coefficient (Wildman–Crippen LogP) is 4.60. The first-order valence-electron chi connectivity index (χ1n) is 6.33. The van der Waals surface area contributed by atoms with Crippen molar-refractivity contribution in [3.8, 4) is 0 Å². The van der Waals surface area contributed by atoms with Crippen molar-refractivity contribution in [3.05, 3.63) is 0 Å². The van der Waals surface area contributed by atoms with Crippen molar-refractivity contribution < 1.29 is 35.2 Å². The van der Waals surface area contributed by atoms with E-state index in [2.05, 4.69) is 8.85 Å². The van der Waals surface area contributed by atoms with Crippen LogP contribution in [0.4, 0.5) is 26.3 Å². The van der Waals surface area contributed by atoms with Crippen molar-refractivity contribution in [2.24, 2.45) is 0 Å². The highest BCUT2D eigenvalue weighted by molar-refractivity contribution is 6.70. The molecule has 0 heterocycles. The third-order valence-corrected chi connectivity index (χ3v) is 4.31. The van der Waals surface area contributed by atoms with Crippen LogP contribution in [0.2, 0.25) is 39.3 Å². The molecule has 10 heteroatoms. The fourth-order valence-electron chi connectivity index (χ4n) is 1.06. The highest BCUT2D eigenvalue weighted by atomic mass is 28.4. The molecular formula is C11H22F6O2Si2. The Morgan fingerprint density at radius 2 is 0.857 bits per heavy atom. The summed E-state index contributed by atoms with van der Waals surface area (Å²) >= 11 is 0. The molecule has 128 valence electrons. The minimum Gasteiger partial charge on any atom is -0.411 e. The van der Waals surface area contributed by atoms with Gasteiger partial charge in [0.15, 0.2) is 16.6 Å². The van der Waals surface area contributed by atoms with Crippen LogP contribution in [0, 0.1) is 0 Å². The normalized spacial score (nSPS) is 15.4. The summed E-state index contributed by atoms with van der Waals surface area (Å²) < 4.78 is 90.2. The second kappa shape index (κ2) is 6.21. The van der Waals surface area contributed by atoms with Crippen LogP contribution in [0.15, 0.2) is 0 Å². The molecule has 0 spiro atoms. The van der Waals surface area contributed by atoms with Gasteiger partial charge >= 0.3 is 17.8 Å². The molecule has 0 aromatic carbocycles. The molecule has 0 aromatic rings. The van der Waals surface area contributed by atoms with Crippen molar-refractivity contribution in [2.45, 2.75) is 57.0 Å². The van der Waals surface area contributed by atoms with Gasteiger partial charge < -0.3 is 8.85 Å². The van der Waals surface area contributed by atoms with Crippen molar-refractivity contribution in [1.82, 2.24) is 0 Å². The minimum atomic E-state index is -5.54.